The van der Waals surface area contributed by atoms with Crippen molar-refractivity contribution < 1.29 is 18.5 Å². The fourth-order valence-electron chi connectivity index (χ4n) is 4.37. The van der Waals surface area contributed by atoms with Crippen LogP contribution >= 0.6 is 11.6 Å². The summed E-state index contributed by atoms with van der Waals surface area (Å²) in [6, 6.07) is 10.2. The van der Waals surface area contributed by atoms with Crippen molar-refractivity contribution in [3.8, 4) is 11.4 Å². The van der Waals surface area contributed by atoms with Gasteiger partial charge < -0.3 is 18.7 Å². The van der Waals surface area contributed by atoms with E-state index in [0.29, 0.717) is 62.4 Å². The summed E-state index contributed by atoms with van der Waals surface area (Å²) in [5.41, 5.74) is 0.843. The van der Waals surface area contributed by atoms with Gasteiger partial charge in [0.1, 0.15) is 6.04 Å². The average Bonchev–Trinajstić information content (AvgIpc) is 3.61. The molecule has 3 aromatic rings. The highest BCUT2D eigenvalue weighted by molar-refractivity contribution is 6.30. The Balaban J connectivity index is 1.15. The second-order valence-electron chi connectivity index (χ2n) is 8.25. The third-order valence-corrected chi connectivity index (χ3v) is 6.40. The molecule has 2 aromatic heterocycles. The standard InChI is InChI=1S/C23H24ClN5O4/c24-17-7-5-16(6-8-17)21-25-20(33-26-21)15-27-10-12-28(13-11-27)22(30)18-3-1-9-29(18)23(31)19-4-2-14-32-19/h2,4-8,14,18H,1,3,9-13,15H2. The number of amides is 2. The molecule has 2 aliphatic heterocycles. The molecular weight excluding hydrogens is 446 g/mol. The molecule has 1 aromatic carbocycles. The predicted molar refractivity (Wildman–Crippen MR) is 119 cm³/mol. The molecule has 0 bridgehead atoms. The van der Waals surface area contributed by atoms with Crippen molar-refractivity contribution in [3.63, 3.8) is 0 Å². The molecule has 2 fully saturated rings. The van der Waals surface area contributed by atoms with Gasteiger partial charge in [0.15, 0.2) is 5.76 Å². The topological polar surface area (TPSA) is 95.9 Å². The summed E-state index contributed by atoms with van der Waals surface area (Å²) in [6.07, 6.45) is 2.97. The molecule has 5 rings (SSSR count). The van der Waals surface area contributed by atoms with Crippen molar-refractivity contribution >= 4 is 23.4 Å². The van der Waals surface area contributed by atoms with Crippen molar-refractivity contribution in [2.24, 2.45) is 0 Å². The Morgan fingerprint density at radius 1 is 1.06 bits per heavy atom. The molecule has 0 radical (unpaired) electrons. The minimum atomic E-state index is -0.424. The van der Waals surface area contributed by atoms with Crippen molar-refractivity contribution in [2.75, 3.05) is 32.7 Å². The van der Waals surface area contributed by atoms with Crippen LogP contribution in [0.15, 0.2) is 51.6 Å². The van der Waals surface area contributed by atoms with E-state index in [1.165, 1.54) is 6.26 Å². The summed E-state index contributed by atoms with van der Waals surface area (Å²) < 4.78 is 10.7. The fraction of sp³-hybridized carbons (Fsp3) is 0.391. The zero-order valence-electron chi connectivity index (χ0n) is 18.0. The maximum Gasteiger partial charge on any atom is 0.290 e. The first-order chi connectivity index (χ1) is 16.1. The minimum absolute atomic E-state index is 0.00914. The first kappa shape index (κ1) is 21.7. The smallest absolute Gasteiger partial charge is 0.290 e. The number of aromatic nitrogens is 2. The van der Waals surface area contributed by atoms with Gasteiger partial charge in [0.2, 0.25) is 17.6 Å². The van der Waals surface area contributed by atoms with Crippen LogP contribution in [0.2, 0.25) is 5.02 Å². The highest BCUT2D eigenvalue weighted by atomic mass is 35.5. The highest BCUT2D eigenvalue weighted by Crippen LogP contribution is 2.23. The molecule has 9 nitrogen and oxygen atoms in total. The summed E-state index contributed by atoms with van der Waals surface area (Å²) >= 11 is 5.93. The molecule has 172 valence electrons. The molecular formula is C23H24ClN5O4. The van der Waals surface area contributed by atoms with Gasteiger partial charge in [-0.15, -0.1) is 0 Å². The maximum atomic E-state index is 13.2. The van der Waals surface area contributed by atoms with Gasteiger partial charge in [-0.1, -0.05) is 16.8 Å². The Morgan fingerprint density at radius 2 is 1.85 bits per heavy atom. The van der Waals surface area contributed by atoms with E-state index in [2.05, 4.69) is 15.0 Å². The number of rotatable bonds is 5. The van der Waals surface area contributed by atoms with Crippen LogP contribution in [0.25, 0.3) is 11.4 Å². The molecule has 2 saturated heterocycles. The molecule has 2 aliphatic rings. The van der Waals surface area contributed by atoms with Crippen LogP contribution in [0, 0.1) is 0 Å². The molecule has 1 atom stereocenters. The van der Waals surface area contributed by atoms with Gasteiger partial charge in [-0.05, 0) is 49.2 Å². The first-order valence-corrected chi connectivity index (χ1v) is 11.4. The molecule has 1 unspecified atom stereocenters. The third kappa shape index (κ3) is 4.65. The van der Waals surface area contributed by atoms with Crippen LogP contribution in [-0.2, 0) is 11.3 Å². The van der Waals surface area contributed by atoms with E-state index in [-0.39, 0.29) is 17.6 Å². The van der Waals surface area contributed by atoms with Crippen LogP contribution in [-0.4, -0.2) is 75.4 Å². The first-order valence-electron chi connectivity index (χ1n) is 11.0. The quantitative estimate of drug-likeness (QED) is 0.566. The van der Waals surface area contributed by atoms with Crippen molar-refractivity contribution in [1.29, 1.82) is 0 Å². The van der Waals surface area contributed by atoms with Crippen molar-refractivity contribution in [2.45, 2.75) is 25.4 Å². The maximum absolute atomic E-state index is 13.2. The van der Waals surface area contributed by atoms with Crippen molar-refractivity contribution in [1.82, 2.24) is 24.8 Å². The van der Waals surface area contributed by atoms with Gasteiger partial charge in [-0.2, -0.15) is 4.98 Å². The number of halogens is 1. The summed E-state index contributed by atoms with van der Waals surface area (Å²) in [5, 5.41) is 4.71. The Hall–Kier alpha value is -3.17. The lowest BCUT2D eigenvalue weighted by Crippen LogP contribution is -2.54. The van der Waals surface area contributed by atoms with Gasteiger partial charge in [-0.3, -0.25) is 14.5 Å². The van der Waals surface area contributed by atoms with Gasteiger partial charge in [0, 0.05) is 43.3 Å². The van der Waals surface area contributed by atoms with Crippen LogP contribution in [0.4, 0.5) is 0 Å². The van der Waals surface area contributed by atoms with Gasteiger partial charge in [0.25, 0.3) is 5.91 Å². The monoisotopic (exact) mass is 469 g/mol. The van der Waals surface area contributed by atoms with E-state index in [4.69, 9.17) is 20.5 Å². The molecule has 0 saturated carbocycles. The number of piperazine rings is 1. The average molecular weight is 470 g/mol. The summed E-state index contributed by atoms with van der Waals surface area (Å²) in [7, 11) is 0. The van der Waals surface area contributed by atoms with Crippen LogP contribution < -0.4 is 0 Å². The van der Waals surface area contributed by atoms with E-state index < -0.39 is 6.04 Å². The number of furan rings is 1. The van der Waals surface area contributed by atoms with Gasteiger partial charge in [-0.25, -0.2) is 0 Å². The number of benzene rings is 1. The molecule has 2 amide bonds. The van der Waals surface area contributed by atoms with E-state index in [1.54, 1.807) is 29.2 Å². The SMILES string of the molecule is O=C(C1CCCN1C(=O)c1ccco1)N1CCN(Cc2nc(-c3ccc(Cl)cc3)no2)CC1. The Bertz CT molecular complexity index is 1110. The van der Waals surface area contributed by atoms with Crippen LogP contribution in [0.3, 0.4) is 0 Å². The lowest BCUT2D eigenvalue weighted by atomic mass is 10.1. The molecule has 4 heterocycles. The predicted octanol–water partition coefficient (Wildman–Crippen LogP) is 2.93. The van der Waals surface area contributed by atoms with Crippen LogP contribution in [0.5, 0.6) is 0 Å². The third-order valence-electron chi connectivity index (χ3n) is 6.14. The van der Waals surface area contributed by atoms with E-state index in [1.807, 2.05) is 17.0 Å². The zero-order valence-corrected chi connectivity index (χ0v) is 18.8. The highest BCUT2D eigenvalue weighted by Gasteiger charge is 2.38. The Morgan fingerprint density at radius 3 is 2.58 bits per heavy atom. The van der Waals surface area contributed by atoms with Crippen LogP contribution in [0.1, 0.15) is 29.3 Å². The zero-order chi connectivity index (χ0) is 22.8. The fourth-order valence-corrected chi connectivity index (χ4v) is 4.50. The van der Waals surface area contributed by atoms with E-state index in [9.17, 15) is 9.59 Å². The number of hydrogen-bond acceptors (Lipinski definition) is 7. The van der Waals surface area contributed by atoms with E-state index >= 15 is 0 Å². The molecule has 0 N–H and O–H groups in total. The van der Waals surface area contributed by atoms with Gasteiger partial charge in [0.05, 0.1) is 12.8 Å². The summed E-state index contributed by atoms with van der Waals surface area (Å²) in [4.78, 5) is 36.0. The molecule has 0 aliphatic carbocycles. The Kier molecular flexibility index (Phi) is 6.15. The number of nitrogens with zero attached hydrogens (tertiary/aromatic N) is 5. The number of hydrogen-bond donors (Lipinski definition) is 0. The lowest BCUT2D eigenvalue weighted by Gasteiger charge is -2.36. The minimum Gasteiger partial charge on any atom is -0.459 e. The number of likely N-dealkylation sites (tertiary alicyclic amines) is 1. The summed E-state index contributed by atoms with van der Waals surface area (Å²) in [5.74, 6) is 1.12. The molecule has 33 heavy (non-hydrogen) atoms. The largest absolute Gasteiger partial charge is 0.459 e. The van der Waals surface area contributed by atoms with Crippen molar-refractivity contribution in [3.05, 3.63) is 59.3 Å². The normalized spacial score (nSPS) is 19.2. The Labute approximate surface area is 195 Å². The lowest BCUT2D eigenvalue weighted by molar-refractivity contribution is -0.137. The molecule has 10 heteroatoms. The van der Waals surface area contributed by atoms with Gasteiger partial charge >= 0.3 is 0 Å². The summed E-state index contributed by atoms with van der Waals surface area (Å²) in [6.45, 7) is 3.68. The molecule has 0 spiro atoms. The number of carbonyl (C=O) groups is 2. The second-order valence-corrected chi connectivity index (χ2v) is 8.69. The number of carbonyl (C=O) groups excluding carboxylic acids is 2. The second kappa shape index (κ2) is 9.36. The van der Waals surface area contributed by atoms with E-state index in [0.717, 1.165) is 12.0 Å².